The molecule has 2 amide bonds. The van der Waals surface area contributed by atoms with E-state index >= 15 is 0 Å². The van der Waals surface area contributed by atoms with Crippen molar-refractivity contribution in [1.29, 1.82) is 0 Å². The zero-order chi connectivity index (χ0) is 20.2. The Morgan fingerprint density at radius 3 is 2.72 bits per heavy atom. The van der Waals surface area contributed by atoms with E-state index in [4.69, 9.17) is 13.9 Å². The lowest BCUT2D eigenvalue weighted by molar-refractivity contribution is -0.127. The van der Waals surface area contributed by atoms with Gasteiger partial charge in [-0.1, -0.05) is 0 Å². The Morgan fingerprint density at radius 1 is 1.17 bits per heavy atom. The number of carbonyl (C=O) groups is 2. The van der Waals surface area contributed by atoms with Crippen molar-refractivity contribution in [3.05, 3.63) is 42.4 Å². The number of fused-ring (bicyclic) bond motifs is 1. The van der Waals surface area contributed by atoms with Gasteiger partial charge in [0.15, 0.2) is 11.5 Å². The summed E-state index contributed by atoms with van der Waals surface area (Å²) in [5.74, 6) is 1.95. The van der Waals surface area contributed by atoms with Gasteiger partial charge in [-0.15, -0.1) is 0 Å². The minimum Gasteiger partial charge on any atom is -0.467 e. The molecule has 1 aromatic carbocycles. The molecule has 0 aliphatic carbocycles. The number of benzene rings is 1. The Labute approximate surface area is 169 Å². The fourth-order valence-corrected chi connectivity index (χ4v) is 3.67. The standard InChI is InChI=1S/C21H25N3O5/c1-14(20(25)22-12-17-3-2-10-27-17)24-8-6-15(7-9-24)21(26)23-16-4-5-18-19(11-16)29-13-28-18/h2-5,10-11,14-15H,6-9,12-13H2,1H3,(H,22,25)(H,23,26)/t14-/m0/s1. The van der Waals surface area contributed by atoms with Crippen LogP contribution in [0.15, 0.2) is 41.0 Å². The average molecular weight is 399 g/mol. The summed E-state index contributed by atoms with van der Waals surface area (Å²) in [4.78, 5) is 27.1. The van der Waals surface area contributed by atoms with Crippen LogP contribution < -0.4 is 20.1 Å². The van der Waals surface area contributed by atoms with Crippen molar-refractivity contribution in [1.82, 2.24) is 10.2 Å². The predicted molar refractivity (Wildman–Crippen MR) is 106 cm³/mol. The maximum Gasteiger partial charge on any atom is 0.237 e. The molecule has 8 heteroatoms. The summed E-state index contributed by atoms with van der Waals surface area (Å²) in [5, 5.41) is 5.85. The third-order valence-electron chi connectivity index (χ3n) is 5.48. The van der Waals surface area contributed by atoms with Crippen LogP contribution >= 0.6 is 0 Å². The predicted octanol–water partition coefficient (Wildman–Crippen LogP) is 2.36. The molecular weight excluding hydrogens is 374 g/mol. The van der Waals surface area contributed by atoms with Gasteiger partial charge >= 0.3 is 0 Å². The molecule has 0 radical (unpaired) electrons. The first kappa shape index (κ1) is 19.3. The second-order valence-electron chi connectivity index (χ2n) is 7.34. The number of likely N-dealkylation sites (tertiary alicyclic amines) is 1. The van der Waals surface area contributed by atoms with Gasteiger partial charge in [0.1, 0.15) is 5.76 Å². The molecule has 4 rings (SSSR count). The monoisotopic (exact) mass is 399 g/mol. The number of amides is 2. The van der Waals surface area contributed by atoms with Gasteiger partial charge in [0.25, 0.3) is 0 Å². The number of rotatable bonds is 6. The Hall–Kier alpha value is -3.00. The quantitative estimate of drug-likeness (QED) is 0.775. The number of carbonyl (C=O) groups excluding carboxylic acids is 2. The highest BCUT2D eigenvalue weighted by molar-refractivity contribution is 5.93. The molecule has 2 aromatic rings. The third-order valence-corrected chi connectivity index (χ3v) is 5.48. The maximum atomic E-state index is 12.6. The summed E-state index contributed by atoms with van der Waals surface area (Å²) in [5.41, 5.74) is 0.701. The summed E-state index contributed by atoms with van der Waals surface area (Å²) in [7, 11) is 0. The lowest BCUT2D eigenvalue weighted by Crippen LogP contribution is -2.49. The summed E-state index contributed by atoms with van der Waals surface area (Å²) in [6.07, 6.45) is 3.02. The molecule has 2 N–H and O–H groups in total. The molecule has 1 aromatic heterocycles. The lowest BCUT2D eigenvalue weighted by atomic mass is 9.94. The summed E-state index contributed by atoms with van der Waals surface area (Å²) < 4.78 is 15.9. The third kappa shape index (κ3) is 4.54. The van der Waals surface area contributed by atoms with E-state index in [0.29, 0.717) is 49.7 Å². The molecule has 8 nitrogen and oxygen atoms in total. The number of anilines is 1. The van der Waals surface area contributed by atoms with Crippen LogP contribution in [0.1, 0.15) is 25.5 Å². The van der Waals surface area contributed by atoms with Crippen LogP contribution in [0.2, 0.25) is 0 Å². The van der Waals surface area contributed by atoms with Crippen LogP contribution in [0, 0.1) is 5.92 Å². The maximum absolute atomic E-state index is 12.6. The van der Waals surface area contributed by atoms with Crippen LogP contribution in [0.3, 0.4) is 0 Å². The molecule has 0 bridgehead atoms. The number of hydrogen-bond acceptors (Lipinski definition) is 6. The van der Waals surface area contributed by atoms with Crippen molar-refractivity contribution in [3.8, 4) is 11.5 Å². The summed E-state index contributed by atoms with van der Waals surface area (Å²) in [6.45, 7) is 3.89. The molecule has 0 spiro atoms. The number of ether oxygens (including phenoxy) is 2. The van der Waals surface area contributed by atoms with E-state index in [1.807, 2.05) is 19.1 Å². The fraction of sp³-hybridized carbons (Fsp3) is 0.429. The fourth-order valence-electron chi connectivity index (χ4n) is 3.67. The first-order valence-electron chi connectivity index (χ1n) is 9.85. The van der Waals surface area contributed by atoms with Gasteiger partial charge in [0.2, 0.25) is 18.6 Å². The molecule has 1 saturated heterocycles. The van der Waals surface area contributed by atoms with Crippen molar-refractivity contribution in [2.75, 3.05) is 25.2 Å². The molecule has 1 fully saturated rings. The molecule has 3 heterocycles. The lowest BCUT2D eigenvalue weighted by Gasteiger charge is -2.34. The van der Waals surface area contributed by atoms with E-state index in [0.717, 1.165) is 5.76 Å². The molecule has 0 saturated carbocycles. The molecule has 0 unspecified atom stereocenters. The normalized spacial score (nSPS) is 17.7. The smallest absolute Gasteiger partial charge is 0.237 e. The van der Waals surface area contributed by atoms with E-state index < -0.39 is 0 Å². The van der Waals surface area contributed by atoms with E-state index in [2.05, 4.69) is 15.5 Å². The van der Waals surface area contributed by atoms with Crippen molar-refractivity contribution < 1.29 is 23.5 Å². The Bertz CT molecular complexity index is 859. The number of furan rings is 1. The molecule has 1 atom stereocenters. The zero-order valence-electron chi connectivity index (χ0n) is 16.3. The highest BCUT2D eigenvalue weighted by Gasteiger charge is 2.30. The second kappa shape index (κ2) is 8.57. The SMILES string of the molecule is C[C@@H](C(=O)NCc1ccco1)N1CCC(C(=O)Nc2ccc3c(c2)OCO3)CC1. The molecule has 29 heavy (non-hydrogen) atoms. The van der Waals surface area contributed by atoms with Gasteiger partial charge in [0, 0.05) is 17.7 Å². The minimum absolute atomic E-state index is 0.00145. The first-order valence-corrected chi connectivity index (χ1v) is 9.85. The zero-order valence-corrected chi connectivity index (χ0v) is 16.3. The molecular formula is C21H25N3O5. The van der Waals surface area contributed by atoms with Gasteiger partial charge in [0.05, 0.1) is 18.8 Å². The van der Waals surface area contributed by atoms with Crippen molar-refractivity contribution in [2.45, 2.75) is 32.4 Å². The second-order valence-corrected chi connectivity index (χ2v) is 7.34. The number of hydrogen-bond donors (Lipinski definition) is 2. The Morgan fingerprint density at radius 2 is 1.97 bits per heavy atom. The van der Waals surface area contributed by atoms with Gasteiger partial charge in [-0.3, -0.25) is 14.5 Å². The Kier molecular flexibility index (Phi) is 5.71. The van der Waals surface area contributed by atoms with E-state index in [-0.39, 0.29) is 30.6 Å². The largest absolute Gasteiger partial charge is 0.467 e. The van der Waals surface area contributed by atoms with Crippen LogP contribution in [-0.2, 0) is 16.1 Å². The summed E-state index contributed by atoms with van der Waals surface area (Å²) in [6, 6.07) is 8.76. The number of nitrogens with one attached hydrogen (secondary N) is 2. The van der Waals surface area contributed by atoms with Crippen LogP contribution in [0.25, 0.3) is 0 Å². The summed E-state index contributed by atoms with van der Waals surface area (Å²) >= 11 is 0. The first-order chi connectivity index (χ1) is 14.1. The van der Waals surface area contributed by atoms with Gasteiger partial charge in [-0.25, -0.2) is 0 Å². The molecule has 154 valence electrons. The highest BCUT2D eigenvalue weighted by atomic mass is 16.7. The number of nitrogens with zero attached hydrogens (tertiary/aromatic N) is 1. The molecule has 2 aliphatic rings. The van der Waals surface area contributed by atoms with Crippen LogP contribution in [0.5, 0.6) is 11.5 Å². The van der Waals surface area contributed by atoms with Gasteiger partial charge < -0.3 is 24.5 Å². The number of piperidine rings is 1. The van der Waals surface area contributed by atoms with E-state index in [1.54, 1.807) is 24.5 Å². The van der Waals surface area contributed by atoms with Gasteiger partial charge in [-0.2, -0.15) is 0 Å². The van der Waals surface area contributed by atoms with E-state index in [9.17, 15) is 9.59 Å². The van der Waals surface area contributed by atoms with Gasteiger partial charge in [-0.05, 0) is 57.1 Å². The van der Waals surface area contributed by atoms with Crippen molar-refractivity contribution in [2.24, 2.45) is 5.92 Å². The topological polar surface area (TPSA) is 93.0 Å². The molecule has 2 aliphatic heterocycles. The average Bonchev–Trinajstić information content (AvgIpc) is 3.43. The van der Waals surface area contributed by atoms with Crippen molar-refractivity contribution in [3.63, 3.8) is 0 Å². The van der Waals surface area contributed by atoms with Crippen molar-refractivity contribution >= 4 is 17.5 Å². The van der Waals surface area contributed by atoms with Crippen LogP contribution in [-0.4, -0.2) is 42.6 Å². The highest BCUT2D eigenvalue weighted by Crippen LogP contribution is 2.34. The Balaban J connectivity index is 1.24. The van der Waals surface area contributed by atoms with E-state index in [1.165, 1.54) is 0 Å². The van der Waals surface area contributed by atoms with Crippen LogP contribution in [0.4, 0.5) is 5.69 Å². The minimum atomic E-state index is -0.247.